The summed E-state index contributed by atoms with van der Waals surface area (Å²) in [5.74, 6) is 0.332. The molecule has 1 amide bonds. The zero-order valence-electron chi connectivity index (χ0n) is 10.9. The number of amides is 1. The molecule has 96 valence electrons. The Bertz CT molecular complexity index is 191. The normalized spacial score (nSPS) is 13.2. The highest BCUT2D eigenvalue weighted by atomic mass is 16.3. The minimum Gasteiger partial charge on any atom is -0.395 e. The molecule has 0 rings (SSSR count). The van der Waals surface area contributed by atoms with Crippen molar-refractivity contribution in [2.75, 3.05) is 13.2 Å². The average Bonchev–Trinajstić information content (AvgIpc) is 2.26. The number of carbonyl (C=O) groups excluding carboxylic acids is 1. The molecule has 0 saturated heterocycles. The van der Waals surface area contributed by atoms with Crippen molar-refractivity contribution in [3.63, 3.8) is 0 Å². The first-order valence-corrected chi connectivity index (χ1v) is 6.18. The van der Waals surface area contributed by atoms with Gasteiger partial charge >= 0.3 is 0 Å². The molecular formula is C12H26N2O2. The predicted molar refractivity (Wildman–Crippen MR) is 66.2 cm³/mol. The van der Waals surface area contributed by atoms with Crippen molar-refractivity contribution in [3.8, 4) is 0 Å². The van der Waals surface area contributed by atoms with Gasteiger partial charge in [0.05, 0.1) is 13.2 Å². The number of hydrogen-bond acceptors (Lipinski definition) is 3. The Labute approximate surface area is 98.8 Å². The van der Waals surface area contributed by atoms with Gasteiger partial charge in [0.2, 0.25) is 5.91 Å². The van der Waals surface area contributed by atoms with Crippen molar-refractivity contribution < 1.29 is 9.90 Å². The number of aliphatic hydroxyl groups is 1. The first-order chi connectivity index (χ1) is 7.54. The quantitative estimate of drug-likeness (QED) is 0.580. The van der Waals surface area contributed by atoms with Crippen LogP contribution >= 0.6 is 0 Å². The van der Waals surface area contributed by atoms with Crippen LogP contribution in [0.5, 0.6) is 0 Å². The molecule has 0 aliphatic carbocycles. The summed E-state index contributed by atoms with van der Waals surface area (Å²) in [5.41, 5.74) is 0. The second kappa shape index (κ2) is 8.53. The monoisotopic (exact) mass is 230 g/mol. The van der Waals surface area contributed by atoms with Crippen LogP contribution in [-0.4, -0.2) is 36.2 Å². The maximum absolute atomic E-state index is 11.6. The second-order valence-electron chi connectivity index (χ2n) is 4.49. The molecule has 0 aromatic carbocycles. The van der Waals surface area contributed by atoms with Crippen LogP contribution in [0, 0.1) is 5.92 Å². The summed E-state index contributed by atoms with van der Waals surface area (Å²) >= 11 is 0. The van der Waals surface area contributed by atoms with Crippen LogP contribution in [0.2, 0.25) is 0 Å². The molecule has 0 fully saturated rings. The van der Waals surface area contributed by atoms with Gasteiger partial charge in [-0.25, -0.2) is 0 Å². The van der Waals surface area contributed by atoms with Crippen LogP contribution in [-0.2, 0) is 4.79 Å². The Morgan fingerprint density at radius 1 is 1.25 bits per heavy atom. The average molecular weight is 230 g/mol. The third kappa shape index (κ3) is 6.08. The van der Waals surface area contributed by atoms with E-state index in [4.69, 9.17) is 5.11 Å². The zero-order valence-corrected chi connectivity index (χ0v) is 10.9. The number of rotatable bonds is 8. The predicted octanol–water partition coefficient (Wildman–Crippen LogP) is 0.898. The summed E-state index contributed by atoms with van der Waals surface area (Å²) in [6.07, 6.45) is 1.91. The van der Waals surface area contributed by atoms with E-state index < -0.39 is 0 Å². The van der Waals surface area contributed by atoms with Crippen LogP contribution in [0.1, 0.15) is 40.5 Å². The van der Waals surface area contributed by atoms with Gasteiger partial charge < -0.3 is 15.7 Å². The Balaban J connectivity index is 3.87. The molecule has 0 saturated carbocycles. The van der Waals surface area contributed by atoms with E-state index in [1.807, 2.05) is 13.8 Å². The van der Waals surface area contributed by atoms with Gasteiger partial charge in [0.15, 0.2) is 0 Å². The molecule has 1 atom stereocenters. The topological polar surface area (TPSA) is 61.4 Å². The molecule has 3 N–H and O–H groups in total. The van der Waals surface area contributed by atoms with E-state index in [1.165, 1.54) is 0 Å². The first kappa shape index (κ1) is 15.4. The van der Waals surface area contributed by atoms with E-state index in [9.17, 15) is 4.79 Å². The fourth-order valence-corrected chi connectivity index (χ4v) is 1.51. The van der Waals surface area contributed by atoms with Gasteiger partial charge in [-0.1, -0.05) is 27.7 Å². The van der Waals surface area contributed by atoms with E-state index in [1.54, 1.807) is 0 Å². The molecule has 4 heteroatoms. The van der Waals surface area contributed by atoms with Crippen molar-refractivity contribution in [1.82, 2.24) is 10.6 Å². The SMILES string of the molecule is CCC(CC)NC(=O)CN[C@H](CO)C(C)C. The van der Waals surface area contributed by atoms with Gasteiger partial charge in [-0.05, 0) is 18.8 Å². The number of aliphatic hydroxyl groups excluding tert-OH is 1. The van der Waals surface area contributed by atoms with Crippen molar-refractivity contribution in [1.29, 1.82) is 0 Å². The lowest BCUT2D eigenvalue weighted by atomic mass is 10.1. The van der Waals surface area contributed by atoms with Crippen LogP contribution in [0.4, 0.5) is 0 Å². The van der Waals surface area contributed by atoms with Crippen molar-refractivity contribution in [3.05, 3.63) is 0 Å². The molecule has 0 aliphatic heterocycles. The third-order valence-electron chi connectivity index (χ3n) is 2.88. The summed E-state index contributed by atoms with van der Waals surface area (Å²) in [6, 6.07) is 0.258. The van der Waals surface area contributed by atoms with Crippen LogP contribution in [0.3, 0.4) is 0 Å². The van der Waals surface area contributed by atoms with Gasteiger partial charge in [-0.15, -0.1) is 0 Å². The van der Waals surface area contributed by atoms with E-state index in [0.29, 0.717) is 5.92 Å². The molecule has 0 spiro atoms. The molecule has 0 radical (unpaired) electrons. The summed E-state index contributed by atoms with van der Waals surface area (Å²) in [7, 11) is 0. The maximum atomic E-state index is 11.6. The molecular weight excluding hydrogens is 204 g/mol. The van der Waals surface area contributed by atoms with E-state index in [-0.39, 0.29) is 31.1 Å². The van der Waals surface area contributed by atoms with Gasteiger partial charge in [-0.3, -0.25) is 4.79 Å². The molecule has 4 nitrogen and oxygen atoms in total. The van der Waals surface area contributed by atoms with Gasteiger partial charge in [0.25, 0.3) is 0 Å². The summed E-state index contributed by atoms with van der Waals surface area (Å²) < 4.78 is 0. The highest BCUT2D eigenvalue weighted by molar-refractivity contribution is 5.78. The van der Waals surface area contributed by atoms with Gasteiger partial charge in [0, 0.05) is 12.1 Å². The standard InChI is InChI=1S/C12H26N2O2/c1-5-10(6-2)14-12(16)7-13-11(8-15)9(3)4/h9-11,13,15H,5-8H2,1-4H3,(H,14,16)/t11-/m1/s1. The Kier molecular flexibility index (Phi) is 8.21. The molecule has 0 bridgehead atoms. The highest BCUT2D eigenvalue weighted by Gasteiger charge is 2.14. The largest absolute Gasteiger partial charge is 0.395 e. The first-order valence-electron chi connectivity index (χ1n) is 6.18. The van der Waals surface area contributed by atoms with Crippen LogP contribution < -0.4 is 10.6 Å². The second-order valence-corrected chi connectivity index (χ2v) is 4.49. The summed E-state index contributed by atoms with van der Waals surface area (Å²) in [4.78, 5) is 11.6. The Morgan fingerprint density at radius 2 is 1.81 bits per heavy atom. The number of hydrogen-bond donors (Lipinski definition) is 3. The Morgan fingerprint density at radius 3 is 2.19 bits per heavy atom. The van der Waals surface area contributed by atoms with Crippen molar-refractivity contribution in [2.45, 2.75) is 52.6 Å². The molecule has 0 aliphatic rings. The fraction of sp³-hybridized carbons (Fsp3) is 0.917. The van der Waals surface area contributed by atoms with Crippen LogP contribution in [0.25, 0.3) is 0 Å². The summed E-state index contributed by atoms with van der Waals surface area (Å²) in [5, 5.41) is 15.1. The van der Waals surface area contributed by atoms with Crippen LogP contribution in [0.15, 0.2) is 0 Å². The lowest BCUT2D eigenvalue weighted by molar-refractivity contribution is -0.121. The fourth-order valence-electron chi connectivity index (χ4n) is 1.51. The van der Waals surface area contributed by atoms with Gasteiger partial charge in [-0.2, -0.15) is 0 Å². The van der Waals surface area contributed by atoms with E-state index in [0.717, 1.165) is 12.8 Å². The molecule has 0 aromatic rings. The number of nitrogens with one attached hydrogen (secondary N) is 2. The van der Waals surface area contributed by atoms with Crippen molar-refractivity contribution in [2.24, 2.45) is 5.92 Å². The van der Waals surface area contributed by atoms with E-state index in [2.05, 4.69) is 24.5 Å². The van der Waals surface area contributed by atoms with E-state index >= 15 is 0 Å². The summed E-state index contributed by atoms with van der Waals surface area (Å²) in [6.45, 7) is 8.51. The molecule has 16 heavy (non-hydrogen) atoms. The molecule has 0 heterocycles. The highest BCUT2D eigenvalue weighted by Crippen LogP contribution is 2.00. The maximum Gasteiger partial charge on any atom is 0.234 e. The third-order valence-corrected chi connectivity index (χ3v) is 2.88. The zero-order chi connectivity index (χ0) is 12.6. The number of carbonyl (C=O) groups is 1. The Hall–Kier alpha value is -0.610. The molecule has 0 unspecified atom stereocenters. The smallest absolute Gasteiger partial charge is 0.234 e. The van der Waals surface area contributed by atoms with Gasteiger partial charge in [0.1, 0.15) is 0 Å². The van der Waals surface area contributed by atoms with Crippen molar-refractivity contribution >= 4 is 5.91 Å². The molecule has 0 aromatic heterocycles. The lowest BCUT2D eigenvalue weighted by Crippen LogP contribution is -2.45. The minimum absolute atomic E-state index is 0.00699. The lowest BCUT2D eigenvalue weighted by Gasteiger charge is -2.21. The minimum atomic E-state index is -0.00699.